The van der Waals surface area contributed by atoms with Crippen molar-refractivity contribution in [3.05, 3.63) is 57.8 Å². The summed E-state index contributed by atoms with van der Waals surface area (Å²) in [6.45, 7) is 2.64. The van der Waals surface area contributed by atoms with E-state index in [4.69, 9.17) is 16.3 Å². The number of benzene rings is 1. The second-order valence-electron chi connectivity index (χ2n) is 9.00. The molecule has 0 radical (unpaired) electrons. The van der Waals surface area contributed by atoms with Crippen molar-refractivity contribution in [2.24, 2.45) is 0 Å². The number of hydrogen-bond donors (Lipinski definition) is 1. The largest absolute Gasteiger partial charge is 0.489 e. The number of nitrogens with one attached hydrogen (secondary N) is 1. The summed E-state index contributed by atoms with van der Waals surface area (Å²) in [5.74, 6) is -0.285. The van der Waals surface area contributed by atoms with Gasteiger partial charge in [-0.15, -0.1) is 0 Å². The Morgan fingerprint density at radius 1 is 1.25 bits per heavy atom. The van der Waals surface area contributed by atoms with Crippen LogP contribution in [0.1, 0.15) is 53.0 Å². The molecule has 0 saturated carbocycles. The van der Waals surface area contributed by atoms with Crippen LogP contribution < -0.4 is 10.1 Å². The predicted octanol–water partition coefficient (Wildman–Crippen LogP) is 3.65. The lowest BCUT2D eigenvalue weighted by Gasteiger charge is -2.30. The van der Waals surface area contributed by atoms with E-state index in [0.29, 0.717) is 47.2 Å². The van der Waals surface area contributed by atoms with Crippen molar-refractivity contribution < 1.29 is 13.9 Å². The van der Waals surface area contributed by atoms with Crippen LogP contribution >= 0.6 is 11.6 Å². The highest BCUT2D eigenvalue weighted by Crippen LogP contribution is 2.33. The van der Waals surface area contributed by atoms with E-state index in [1.807, 2.05) is 6.92 Å². The number of carbonyl (C=O) groups excluding carboxylic acids is 1. The molecule has 32 heavy (non-hydrogen) atoms. The van der Waals surface area contributed by atoms with Gasteiger partial charge in [-0.05, 0) is 44.7 Å². The molecule has 3 aliphatic rings. The summed E-state index contributed by atoms with van der Waals surface area (Å²) in [6, 6.07) is 5.05. The molecule has 2 aromatic heterocycles. The highest BCUT2D eigenvalue weighted by molar-refractivity contribution is 6.31. The van der Waals surface area contributed by atoms with E-state index in [2.05, 4.69) is 15.4 Å². The molecular weight excluding hydrogens is 433 g/mol. The molecule has 0 aliphatic carbocycles. The molecule has 5 heterocycles. The van der Waals surface area contributed by atoms with Crippen LogP contribution in [-0.4, -0.2) is 43.6 Å². The highest BCUT2D eigenvalue weighted by Gasteiger charge is 2.36. The summed E-state index contributed by atoms with van der Waals surface area (Å²) in [7, 11) is 0. The molecule has 3 aromatic rings. The maximum Gasteiger partial charge on any atom is 0.258 e. The number of aromatic nitrogens is 3. The average molecular weight is 456 g/mol. The van der Waals surface area contributed by atoms with E-state index < -0.39 is 5.82 Å². The summed E-state index contributed by atoms with van der Waals surface area (Å²) < 4.78 is 22.0. The minimum atomic E-state index is -0.410. The number of rotatable bonds is 3. The van der Waals surface area contributed by atoms with Crippen LogP contribution in [0.3, 0.4) is 0 Å². The van der Waals surface area contributed by atoms with E-state index in [1.54, 1.807) is 15.6 Å². The molecule has 2 saturated heterocycles. The fraction of sp³-hybridized carbons (Fsp3) is 0.435. The standard InChI is InChI=1S/C23H23ClFN5O2/c1-12-19(24)9-26-22-18-10-29(11-20(18)28-30(12)22)23(31)17-5-2-13(25)6-21(17)32-16-7-14-3-4-15(8-16)27-14/h2,5-6,9,14-16,27H,3-4,7-8,10-11H2,1H3. The molecular formula is C23H23ClFN5O2. The van der Waals surface area contributed by atoms with Crippen LogP contribution in [0, 0.1) is 12.7 Å². The molecule has 1 aromatic carbocycles. The third-order valence-corrected chi connectivity index (χ3v) is 7.25. The van der Waals surface area contributed by atoms with E-state index >= 15 is 0 Å². The Hall–Kier alpha value is -2.71. The first-order valence-electron chi connectivity index (χ1n) is 11.0. The van der Waals surface area contributed by atoms with Crippen molar-refractivity contribution in [3.8, 4) is 5.75 Å². The van der Waals surface area contributed by atoms with Gasteiger partial charge in [-0.25, -0.2) is 13.9 Å². The number of piperidine rings is 1. The zero-order chi connectivity index (χ0) is 22.0. The predicted molar refractivity (Wildman–Crippen MR) is 116 cm³/mol. The summed E-state index contributed by atoms with van der Waals surface area (Å²) in [6.07, 6.45) is 5.63. The summed E-state index contributed by atoms with van der Waals surface area (Å²) in [5.41, 5.74) is 3.62. The van der Waals surface area contributed by atoms with Gasteiger partial charge in [0.1, 0.15) is 17.7 Å². The Bertz CT molecular complexity index is 1230. The first-order chi connectivity index (χ1) is 15.5. The van der Waals surface area contributed by atoms with Gasteiger partial charge >= 0.3 is 0 Å². The van der Waals surface area contributed by atoms with Crippen LogP contribution in [0.5, 0.6) is 5.75 Å². The van der Waals surface area contributed by atoms with Gasteiger partial charge in [-0.3, -0.25) is 4.79 Å². The van der Waals surface area contributed by atoms with E-state index in [-0.39, 0.29) is 12.0 Å². The van der Waals surface area contributed by atoms with Crippen LogP contribution in [0.4, 0.5) is 4.39 Å². The number of amides is 1. The Morgan fingerprint density at radius 3 is 2.81 bits per heavy atom. The molecule has 2 bridgehead atoms. The third-order valence-electron chi connectivity index (χ3n) is 6.88. The van der Waals surface area contributed by atoms with Crippen LogP contribution in [0.2, 0.25) is 5.02 Å². The summed E-state index contributed by atoms with van der Waals surface area (Å²) in [4.78, 5) is 19.5. The fourth-order valence-corrected chi connectivity index (χ4v) is 5.37. The maximum atomic E-state index is 14.1. The zero-order valence-electron chi connectivity index (χ0n) is 17.6. The molecule has 6 rings (SSSR count). The lowest BCUT2D eigenvalue weighted by atomic mass is 10.0. The second-order valence-corrected chi connectivity index (χ2v) is 9.41. The topological polar surface area (TPSA) is 71.8 Å². The number of hydrogen-bond acceptors (Lipinski definition) is 5. The Labute approximate surface area is 189 Å². The van der Waals surface area contributed by atoms with Gasteiger partial charge in [0, 0.05) is 29.9 Å². The van der Waals surface area contributed by atoms with E-state index in [0.717, 1.165) is 42.6 Å². The number of nitrogens with zero attached hydrogens (tertiary/aromatic N) is 4. The van der Waals surface area contributed by atoms with Crippen molar-refractivity contribution >= 4 is 23.2 Å². The number of fused-ring (bicyclic) bond motifs is 5. The van der Waals surface area contributed by atoms with Gasteiger partial charge in [0.25, 0.3) is 5.91 Å². The maximum absolute atomic E-state index is 14.1. The van der Waals surface area contributed by atoms with Gasteiger partial charge in [0.05, 0.1) is 35.1 Å². The molecule has 0 spiro atoms. The zero-order valence-corrected chi connectivity index (χ0v) is 18.4. The summed E-state index contributed by atoms with van der Waals surface area (Å²) in [5, 5.41) is 8.73. The number of ether oxygens (including phenoxy) is 1. The van der Waals surface area contributed by atoms with Crippen LogP contribution in [0.25, 0.3) is 5.65 Å². The lowest BCUT2D eigenvalue weighted by Crippen LogP contribution is -2.42. The normalized spacial score (nSPS) is 24.2. The fourth-order valence-electron chi connectivity index (χ4n) is 5.25. The van der Waals surface area contributed by atoms with Crippen molar-refractivity contribution in [2.75, 3.05) is 0 Å². The Kier molecular flexibility index (Phi) is 4.62. The smallest absolute Gasteiger partial charge is 0.258 e. The molecule has 3 aliphatic heterocycles. The number of carbonyl (C=O) groups is 1. The second kappa shape index (κ2) is 7.42. The molecule has 2 atom stereocenters. The third kappa shape index (κ3) is 3.24. The first kappa shape index (κ1) is 19.9. The average Bonchev–Trinajstić information content (AvgIpc) is 3.43. The van der Waals surface area contributed by atoms with Crippen molar-refractivity contribution in [3.63, 3.8) is 0 Å². The molecule has 166 valence electrons. The molecule has 1 amide bonds. The Morgan fingerprint density at radius 2 is 2.03 bits per heavy atom. The molecule has 1 N–H and O–H groups in total. The van der Waals surface area contributed by atoms with Gasteiger partial charge < -0.3 is 15.0 Å². The lowest BCUT2D eigenvalue weighted by molar-refractivity contribution is 0.0737. The van der Waals surface area contributed by atoms with Gasteiger partial charge in [-0.1, -0.05) is 11.6 Å². The van der Waals surface area contributed by atoms with E-state index in [9.17, 15) is 9.18 Å². The SMILES string of the molecule is Cc1c(Cl)cnc2c3c(nn12)CN(C(=O)c1ccc(F)cc1OC1CC2CCC(C1)N2)C3. The van der Waals surface area contributed by atoms with Gasteiger partial charge in [0.15, 0.2) is 5.65 Å². The molecule has 2 unspecified atom stereocenters. The van der Waals surface area contributed by atoms with Crippen LogP contribution in [-0.2, 0) is 13.1 Å². The molecule has 9 heteroatoms. The Balaban J connectivity index is 1.26. The number of halogens is 2. The van der Waals surface area contributed by atoms with Crippen molar-refractivity contribution in [1.82, 2.24) is 24.8 Å². The van der Waals surface area contributed by atoms with Crippen LogP contribution in [0.15, 0.2) is 24.4 Å². The minimum absolute atomic E-state index is 0.0148. The number of aryl methyl sites for hydroxylation is 1. The van der Waals surface area contributed by atoms with Gasteiger partial charge in [-0.2, -0.15) is 5.10 Å². The summed E-state index contributed by atoms with van der Waals surface area (Å²) >= 11 is 6.17. The minimum Gasteiger partial charge on any atom is -0.489 e. The molecule has 2 fully saturated rings. The first-order valence-corrected chi connectivity index (χ1v) is 11.4. The highest BCUT2D eigenvalue weighted by atomic mass is 35.5. The quantitative estimate of drug-likeness (QED) is 0.652. The molecule has 7 nitrogen and oxygen atoms in total. The van der Waals surface area contributed by atoms with Crippen molar-refractivity contribution in [1.29, 1.82) is 0 Å². The monoisotopic (exact) mass is 455 g/mol. The van der Waals surface area contributed by atoms with Gasteiger partial charge in [0.2, 0.25) is 0 Å². The van der Waals surface area contributed by atoms with E-state index in [1.165, 1.54) is 18.2 Å². The van der Waals surface area contributed by atoms with Crippen molar-refractivity contribution in [2.45, 2.75) is 63.9 Å².